The Morgan fingerprint density at radius 3 is 2.77 bits per heavy atom. The zero-order valence-corrected chi connectivity index (χ0v) is 17.0. The van der Waals surface area contributed by atoms with Crippen LogP contribution in [0.4, 0.5) is 0 Å². The van der Waals surface area contributed by atoms with Crippen molar-refractivity contribution in [3.05, 3.63) is 39.8 Å². The number of ether oxygens (including phenoxy) is 1. The van der Waals surface area contributed by atoms with Crippen molar-refractivity contribution in [2.75, 3.05) is 7.11 Å². The van der Waals surface area contributed by atoms with Gasteiger partial charge in [0.2, 0.25) is 5.91 Å². The molecule has 1 aromatic carbocycles. The zero-order valence-electron chi connectivity index (χ0n) is 14.6. The summed E-state index contributed by atoms with van der Waals surface area (Å²) in [6, 6.07) is 7.90. The van der Waals surface area contributed by atoms with Crippen LogP contribution in [-0.4, -0.2) is 29.5 Å². The maximum Gasteiger partial charge on any atom is 0.331 e. The van der Waals surface area contributed by atoms with E-state index in [0.717, 1.165) is 34.3 Å². The minimum absolute atomic E-state index is 0.156. The van der Waals surface area contributed by atoms with Gasteiger partial charge in [-0.2, -0.15) is 0 Å². The van der Waals surface area contributed by atoms with E-state index in [9.17, 15) is 9.59 Å². The van der Waals surface area contributed by atoms with Gasteiger partial charge in [-0.1, -0.05) is 47.3 Å². The van der Waals surface area contributed by atoms with Gasteiger partial charge in [0.15, 0.2) is 0 Å². The zero-order chi connectivity index (χ0) is 18.6. The summed E-state index contributed by atoms with van der Waals surface area (Å²) in [4.78, 5) is 29.4. The average Bonchev–Trinajstić information content (AvgIpc) is 3.10. The van der Waals surface area contributed by atoms with Gasteiger partial charge in [-0.3, -0.25) is 4.79 Å². The Labute approximate surface area is 165 Å². The minimum Gasteiger partial charge on any atom is -0.467 e. The summed E-state index contributed by atoms with van der Waals surface area (Å²) in [6.45, 7) is 0. The molecule has 0 aliphatic heterocycles. The van der Waals surface area contributed by atoms with Crippen LogP contribution in [0.25, 0.3) is 10.6 Å². The van der Waals surface area contributed by atoms with Crippen LogP contribution in [0.2, 0.25) is 0 Å². The smallest absolute Gasteiger partial charge is 0.331 e. The van der Waals surface area contributed by atoms with Gasteiger partial charge in [0, 0.05) is 15.4 Å². The van der Waals surface area contributed by atoms with Gasteiger partial charge in [-0.25, -0.2) is 9.78 Å². The molecule has 0 saturated heterocycles. The van der Waals surface area contributed by atoms with Crippen LogP contribution in [-0.2, 0) is 20.7 Å². The molecule has 1 aliphatic carbocycles. The highest BCUT2D eigenvalue weighted by Gasteiger charge is 2.41. The van der Waals surface area contributed by atoms with Gasteiger partial charge >= 0.3 is 5.97 Å². The highest BCUT2D eigenvalue weighted by molar-refractivity contribution is 9.10. The van der Waals surface area contributed by atoms with Crippen molar-refractivity contribution in [1.82, 2.24) is 10.3 Å². The lowest BCUT2D eigenvalue weighted by molar-refractivity contribution is -0.152. The lowest BCUT2D eigenvalue weighted by atomic mass is 9.81. The molecule has 1 aromatic heterocycles. The first-order valence-corrected chi connectivity index (χ1v) is 10.3. The third-order valence-electron chi connectivity index (χ3n) is 4.63. The topological polar surface area (TPSA) is 68.3 Å². The van der Waals surface area contributed by atoms with Crippen LogP contribution >= 0.6 is 27.3 Å². The van der Waals surface area contributed by atoms with Crippen molar-refractivity contribution >= 4 is 39.1 Å². The van der Waals surface area contributed by atoms with Gasteiger partial charge < -0.3 is 10.1 Å². The summed E-state index contributed by atoms with van der Waals surface area (Å²) >= 11 is 4.96. The first-order valence-electron chi connectivity index (χ1n) is 8.62. The van der Waals surface area contributed by atoms with Crippen molar-refractivity contribution in [1.29, 1.82) is 0 Å². The Bertz CT molecular complexity index is 800. The molecule has 7 heteroatoms. The molecule has 5 nitrogen and oxygen atoms in total. The molecule has 1 aliphatic rings. The summed E-state index contributed by atoms with van der Waals surface area (Å²) in [5, 5.41) is 5.69. The van der Waals surface area contributed by atoms with E-state index < -0.39 is 5.54 Å². The van der Waals surface area contributed by atoms with E-state index in [2.05, 4.69) is 26.2 Å². The van der Waals surface area contributed by atoms with E-state index in [0.29, 0.717) is 18.5 Å². The predicted molar refractivity (Wildman–Crippen MR) is 105 cm³/mol. The highest BCUT2D eigenvalue weighted by Crippen LogP contribution is 2.30. The van der Waals surface area contributed by atoms with Gasteiger partial charge in [0.05, 0.1) is 19.2 Å². The average molecular weight is 437 g/mol. The van der Waals surface area contributed by atoms with Gasteiger partial charge in [0.25, 0.3) is 0 Å². The number of thiazole rings is 1. The number of carbonyl (C=O) groups excluding carboxylic acids is 2. The van der Waals surface area contributed by atoms with Crippen LogP contribution in [0.1, 0.15) is 37.8 Å². The van der Waals surface area contributed by atoms with Crippen molar-refractivity contribution in [2.24, 2.45) is 0 Å². The second-order valence-electron chi connectivity index (χ2n) is 6.51. The summed E-state index contributed by atoms with van der Waals surface area (Å²) in [5.74, 6) is -0.540. The Balaban J connectivity index is 1.69. The van der Waals surface area contributed by atoms with Crippen LogP contribution in [0, 0.1) is 0 Å². The predicted octanol–water partition coefficient (Wildman–Crippen LogP) is 4.11. The van der Waals surface area contributed by atoms with Crippen molar-refractivity contribution in [3.63, 3.8) is 0 Å². The van der Waals surface area contributed by atoms with E-state index in [1.807, 2.05) is 29.6 Å². The molecule has 26 heavy (non-hydrogen) atoms. The Morgan fingerprint density at radius 2 is 2.08 bits per heavy atom. The highest BCUT2D eigenvalue weighted by atomic mass is 79.9. The number of carbonyl (C=O) groups is 2. The standard InChI is InChI=1S/C19H21BrN2O3S/c1-25-18(24)19(8-3-2-4-9-19)22-16(23)11-15-12-26-17(21-15)13-6-5-7-14(20)10-13/h5-7,10,12H,2-4,8-9,11H2,1H3,(H,22,23). The fourth-order valence-corrected chi connectivity index (χ4v) is 4.56. The van der Waals surface area contributed by atoms with Gasteiger partial charge in [-0.05, 0) is 25.0 Å². The van der Waals surface area contributed by atoms with Crippen molar-refractivity contribution in [2.45, 2.75) is 44.1 Å². The number of methoxy groups -OCH3 is 1. The second kappa shape index (κ2) is 8.31. The fraction of sp³-hybridized carbons (Fsp3) is 0.421. The van der Waals surface area contributed by atoms with Crippen molar-refractivity contribution in [3.8, 4) is 10.6 Å². The molecule has 1 heterocycles. The number of nitrogens with one attached hydrogen (secondary N) is 1. The molecule has 2 aromatic rings. The number of esters is 1. The number of benzene rings is 1. The van der Waals surface area contributed by atoms with Crippen LogP contribution < -0.4 is 5.32 Å². The molecular formula is C19H21BrN2O3S. The molecular weight excluding hydrogens is 416 g/mol. The maximum absolute atomic E-state index is 12.5. The molecule has 0 bridgehead atoms. The summed E-state index contributed by atoms with van der Waals surface area (Å²) < 4.78 is 5.93. The molecule has 1 N–H and O–H groups in total. The molecule has 0 spiro atoms. The number of amides is 1. The molecule has 0 unspecified atom stereocenters. The molecule has 3 rings (SSSR count). The third kappa shape index (κ3) is 4.32. The summed E-state index contributed by atoms with van der Waals surface area (Å²) in [7, 11) is 1.37. The van der Waals surface area contributed by atoms with Gasteiger partial charge in [0.1, 0.15) is 10.5 Å². The number of halogens is 1. The monoisotopic (exact) mass is 436 g/mol. The first kappa shape index (κ1) is 19.0. The fourth-order valence-electron chi connectivity index (χ4n) is 3.35. The second-order valence-corrected chi connectivity index (χ2v) is 8.29. The number of rotatable bonds is 5. The molecule has 1 saturated carbocycles. The molecule has 0 radical (unpaired) electrons. The van der Waals surface area contributed by atoms with E-state index in [-0.39, 0.29) is 18.3 Å². The molecule has 0 atom stereocenters. The number of hydrogen-bond donors (Lipinski definition) is 1. The van der Waals surface area contributed by atoms with E-state index >= 15 is 0 Å². The normalized spacial score (nSPS) is 16.1. The number of aromatic nitrogens is 1. The Kier molecular flexibility index (Phi) is 6.09. The van der Waals surface area contributed by atoms with Crippen LogP contribution in [0.15, 0.2) is 34.1 Å². The Hall–Kier alpha value is -1.73. The summed E-state index contributed by atoms with van der Waals surface area (Å²) in [6.07, 6.45) is 4.33. The van der Waals surface area contributed by atoms with Crippen molar-refractivity contribution < 1.29 is 14.3 Å². The lowest BCUT2D eigenvalue weighted by Gasteiger charge is -2.35. The van der Waals surface area contributed by atoms with Crippen LogP contribution in [0.3, 0.4) is 0 Å². The maximum atomic E-state index is 12.5. The molecule has 138 valence electrons. The summed E-state index contributed by atoms with van der Waals surface area (Å²) in [5.41, 5.74) is 0.834. The van der Waals surface area contributed by atoms with Gasteiger partial charge in [-0.15, -0.1) is 11.3 Å². The SMILES string of the molecule is COC(=O)C1(NC(=O)Cc2csc(-c3cccc(Br)c3)n2)CCCCC1. The molecule has 1 fully saturated rings. The number of hydrogen-bond acceptors (Lipinski definition) is 5. The van der Waals surface area contributed by atoms with E-state index in [1.165, 1.54) is 18.4 Å². The van der Waals surface area contributed by atoms with E-state index in [4.69, 9.17) is 4.74 Å². The number of nitrogens with zero attached hydrogens (tertiary/aromatic N) is 1. The quantitative estimate of drug-likeness (QED) is 0.715. The largest absolute Gasteiger partial charge is 0.467 e. The third-order valence-corrected chi connectivity index (χ3v) is 6.06. The first-order chi connectivity index (χ1) is 12.5. The Morgan fingerprint density at radius 1 is 1.31 bits per heavy atom. The molecule has 1 amide bonds. The van der Waals surface area contributed by atoms with E-state index in [1.54, 1.807) is 0 Å². The lowest BCUT2D eigenvalue weighted by Crippen LogP contribution is -2.56. The minimum atomic E-state index is -0.882. The van der Waals surface area contributed by atoms with Crippen LogP contribution in [0.5, 0.6) is 0 Å².